The lowest BCUT2D eigenvalue weighted by Gasteiger charge is -2.33. The Balaban J connectivity index is 1.57. The fourth-order valence-corrected chi connectivity index (χ4v) is 3.07. The second-order valence-electron chi connectivity index (χ2n) is 6.96. The molecule has 0 radical (unpaired) electrons. The highest BCUT2D eigenvalue weighted by molar-refractivity contribution is 5.79. The number of anilines is 1. The molecule has 2 N–H and O–H groups in total. The Morgan fingerprint density at radius 3 is 2.57 bits per heavy atom. The SMILES string of the molecule is CCNC(=NCc1ccc(N2CCN(C)CC2)nc1)NCc1ccccc1F. The number of halogens is 1. The van der Waals surface area contributed by atoms with Gasteiger partial charge in [0.05, 0.1) is 6.54 Å². The normalized spacial score (nSPS) is 15.5. The summed E-state index contributed by atoms with van der Waals surface area (Å²) in [5, 5.41) is 6.37. The molecule has 0 spiro atoms. The van der Waals surface area contributed by atoms with Gasteiger partial charge in [0.25, 0.3) is 0 Å². The van der Waals surface area contributed by atoms with Crippen molar-refractivity contribution in [2.24, 2.45) is 4.99 Å². The Hall–Kier alpha value is -2.67. The summed E-state index contributed by atoms with van der Waals surface area (Å²) in [6.07, 6.45) is 1.89. The van der Waals surface area contributed by atoms with E-state index >= 15 is 0 Å². The zero-order valence-corrected chi connectivity index (χ0v) is 16.7. The smallest absolute Gasteiger partial charge is 0.191 e. The number of guanidine groups is 1. The summed E-state index contributed by atoms with van der Waals surface area (Å²) in [6.45, 7) is 7.79. The summed E-state index contributed by atoms with van der Waals surface area (Å²) >= 11 is 0. The van der Waals surface area contributed by atoms with Gasteiger partial charge in [-0.3, -0.25) is 0 Å². The lowest BCUT2D eigenvalue weighted by atomic mass is 10.2. The van der Waals surface area contributed by atoms with Gasteiger partial charge in [-0.2, -0.15) is 0 Å². The monoisotopic (exact) mass is 384 g/mol. The summed E-state index contributed by atoms with van der Waals surface area (Å²) in [7, 11) is 2.15. The molecule has 1 aliphatic rings. The Morgan fingerprint density at radius 2 is 1.89 bits per heavy atom. The molecule has 0 unspecified atom stereocenters. The van der Waals surface area contributed by atoms with Gasteiger partial charge >= 0.3 is 0 Å². The largest absolute Gasteiger partial charge is 0.357 e. The van der Waals surface area contributed by atoms with Gasteiger partial charge in [-0.1, -0.05) is 24.3 Å². The number of rotatable bonds is 6. The zero-order chi connectivity index (χ0) is 19.8. The van der Waals surface area contributed by atoms with Crippen LogP contribution in [-0.2, 0) is 13.1 Å². The average Bonchev–Trinajstić information content (AvgIpc) is 2.72. The van der Waals surface area contributed by atoms with E-state index in [-0.39, 0.29) is 5.82 Å². The predicted molar refractivity (Wildman–Crippen MR) is 112 cm³/mol. The van der Waals surface area contributed by atoms with Crippen LogP contribution in [0.1, 0.15) is 18.1 Å². The van der Waals surface area contributed by atoms with Gasteiger partial charge in [-0.25, -0.2) is 14.4 Å². The number of hydrogen-bond acceptors (Lipinski definition) is 4. The number of hydrogen-bond donors (Lipinski definition) is 2. The highest BCUT2D eigenvalue weighted by atomic mass is 19.1. The topological polar surface area (TPSA) is 55.8 Å². The molecular weight excluding hydrogens is 355 g/mol. The van der Waals surface area contributed by atoms with Gasteiger partial charge in [0.2, 0.25) is 0 Å². The predicted octanol–water partition coefficient (Wildman–Crippen LogP) is 2.23. The van der Waals surface area contributed by atoms with Crippen molar-refractivity contribution >= 4 is 11.8 Å². The summed E-state index contributed by atoms with van der Waals surface area (Å²) in [6, 6.07) is 10.9. The molecule has 0 amide bonds. The molecular formula is C21H29FN6. The third-order valence-corrected chi connectivity index (χ3v) is 4.80. The molecule has 1 fully saturated rings. The van der Waals surface area contributed by atoms with Crippen LogP contribution >= 0.6 is 0 Å². The van der Waals surface area contributed by atoms with Crippen molar-refractivity contribution in [3.8, 4) is 0 Å². The van der Waals surface area contributed by atoms with E-state index in [1.807, 2.05) is 19.2 Å². The highest BCUT2D eigenvalue weighted by Gasteiger charge is 2.14. The van der Waals surface area contributed by atoms with E-state index in [4.69, 9.17) is 0 Å². The lowest BCUT2D eigenvalue weighted by molar-refractivity contribution is 0.312. The summed E-state index contributed by atoms with van der Waals surface area (Å²) in [4.78, 5) is 13.8. The van der Waals surface area contributed by atoms with E-state index in [9.17, 15) is 4.39 Å². The van der Waals surface area contributed by atoms with Crippen LogP contribution in [0.3, 0.4) is 0 Å². The zero-order valence-electron chi connectivity index (χ0n) is 16.7. The first kappa shape index (κ1) is 20.1. The number of likely N-dealkylation sites (N-methyl/N-ethyl adjacent to an activating group) is 1. The average molecular weight is 385 g/mol. The molecule has 0 aliphatic carbocycles. The van der Waals surface area contributed by atoms with Crippen LogP contribution in [-0.4, -0.2) is 55.6 Å². The second-order valence-corrected chi connectivity index (χ2v) is 6.96. The first-order valence-electron chi connectivity index (χ1n) is 9.79. The van der Waals surface area contributed by atoms with Crippen LogP contribution in [0.2, 0.25) is 0 Å². The molecule has 1 aliphatic heterocycles. The quantitative estimate of drug-likeness (QED) is 0.591. The second kappa shape index (κ2) is 10.0. The van der Waals surface area contributed by atoms with Gasteiger partial charge in [-0.05, 0) is 31.7 Å². The fourth-order valence-electron chi connectivity index (χ4n) is 3.07. The van der Waals surface area contributed by atoms with Gasteiger partial charge in [-0.15, -0.1) is 0 Å². The Bertz CT molecular complexity index is 769. The van der Waals surface area contributed by atoms with E-state index in [1.54, 1.807) is 12.1 Å². The molecule has 0 atom stereocenters. The molecule has 6 nitrogen and oxygen atoms in total. The molecule has 1 saturated heterocycles. The summed E-state index contributed by atoms with van der Waals surface area (Å²) < 4.78 is 13.8. The highest BCUT2D eigenvalue weighted by Crippen LogP contribution is 2.14. The standard InChI is InChI=1S/C21H29FN6/c1-3-23-21(26-16-18-6-4-5-7-19(18)22)25-15-17-8-9-20(24-14-17)28-12-10-27(2)11-13-28/h4-9,14H,3,10-13,15-16H2,1-2H3,(H2,23,25,26). The molecule has 150 valence electrons. The van der Waals surface area contributed by atoms with E-state index in [0.717, 1.165) is 44.1 Å². The van der Waals surface area contributed by atoms with Crippen molar-refractivity contribution in [1.82, 2.24) is 20.5 Å². The number of aromatic nitrogens is 1. The number of nitrogens with one attached hydrogen (secondary N) is 2. The lowest BCUT2D eigenvalue weighted by Crippen LogP contribution is -2.44. The van der Waals surface area contributed by atoms with Crippen molar-refractivity contribution in [3.05, 3.63) is 59.5 Å². The number of aliphatic imine (C=N–C) groups is 1. The van der Waals surface area contributed by atoms with E-state index in [2.05, 4.69) is 49.6 Å². The van der Waals surface area contributed by atoms with Crippen LogP contribution in [0.4, 0.5) is 10.2 Å². The van der Waals surface area contributed by atoms with E-state index in [0.29, 0.717) is 24.6 Å². The third kappa shape index (κ3) is 5.66. The minimum atomic E-state index is -0.213. The minimum absolute atomic E-state index is 0.213. The summed E-state index contributed by atoms with van der Waals surface area (Å²) in [5.74, 6) is 1.47. The van der Waals surface area contributed by atoms with Gasteiger partial charge in [0.1, 0.15) is 11.6 Å². The molecule has 0 saturated carbocycles. The minimum Gasteiger partial charge on any atom is -0.357 e. The Labute approximate surface area is 166 Å². The van der Waals surface area contributed by atoms with Crippen LogP contribution in [0.25, 0.3) is 0 Å². The molecule has 1 aromatic heterocycles. The molecule has 2 aromatic rings. The van der Waals surface area contributed by atoms with Crippen LogP contribution < -0.4 is 15.5 Å². The molecule has 2 heterocycles. The van der Waals surface area contributed by atoms with Crippen LogP contribution in [0, 0.1) is 5.82 Å². The van der Waals surface area contributed by atoms with Crippen molar-refractivity contribution in [2.45, 2.75) is 20.0 Å². The number of pyridine rings is 1. The molecule has 1 aromatic carbocycles. The first-order valence-corrected chi connectivity index (χ1v) is 9.79. The van der Waals surface area contributed by atoms with Gasteiger partial charge < -0.3 is 20.4 Å². The van der Waals surface area contributed by atoms with E-state index in [1.165, 1.54) is 6.07 Å². The van der Waals surface area contributed by atoms with Gasteiger partial charge in [0.15, 0.2) is 5.96 Å². The number of benzene rings is 1. The van der Waals surface area contributed by atoms with Crippen molar-refractivity contribution in [1.29, 1.82) is 0 Å². The van der Waals surface area contributed by atoms with Crippen LogP contribution in [0.15, 0.2) is 47.6 Å². The van der Waals surface area contributed by atoms with Gasteiger partial charge in [0, 0.05) is 51.0 Å². The fraction of sp³-hybridized carbons (Fsp3) is 0.429. The third-order valence-electron chi connectivity index (χ3n) is 4.80. The molecule has 0 bridgehead atoms. The number of nitrogens with zero attached hydrogens (tertiary/aromatic N) is 4. The Morgan fingerprint density at radius 1 is 1.11 bits per heavy atom. The summed E-state index contributed by atoms with van der Waals surface area (Å²) in [5.41, 5.74) is 1.66. The van der Waals surface area contributed by atoms with Crippen molar-refractivity contribution < 1.29 is 4.39 Å². The Kier molecular flexibility index (Phi) is 7.19. The molecule has 28 heavy (non-hydrogen) atoms. The van der Waals surface area contributed by atoms with Crippen LogP contribution in [0.5, 0.6) is 0 Å². The maximum Gasteiger partial charge on any atom is 0.191 e. The maximum atomic E-state index is 13.8. The van der Waals surface area contributed by atoms with Crippen molar-refractivity contribution in [2.75, 3.05) is 44.7 Å². The molecule has 3 rings (SSSR count). The molecule has 7 heteroatoms. The first-order chi connectivity index (χ1) is 13.7. The van der Waals surface area contributed by atoms with E-state index < -0.39 is 0 Å². The number of piperazine rings is 1. The maximum absolute atomic E-state index is 13.8. The van der Waals surface area contributed by atoms with Crippen molar-refractivity contribution in [3.63, 3.8) is 0 Å².